The van der Waals surface area contributed by atoms with Crippen LogP contribution < -0.4 is 5.32 Å². The summed E-state index contributed by atoms with van der Waals surface area (Å²) in [5.41, 5.74) is -0.292. The number of nitrogens with one attached hydrogen (secondary N) is 1. The van der Waals surface area contributed by atoms with E-state index in [-0.39, 0.29) is 23.4 Å². The Kier molecular flexibility index (Phi) is 4.09. The van der Waals surface area contributed by atoms with E-state index in [1.807, 2.05) is 32.6 Å². The van der Waals surface area contributed by atoms with Crippen molar-refractivity contribution >= 4 is 11.9 Å². The predicted molar refractivity (Wildman–Crippen MR) is 76.3 cm³/mol. The Hall–Kier alpha value is -1.10. The first-order valence-electron chi connectivity index (χ1n) is 7.51. The Morgan fingerprint density at radius 3 is 2.50 bits per heavy atom. The van der Waals surface area contributed by atoms with Gasteiger partial charge in [-0.1, -0.05) is 6.42 Å². The molecule has 2 aliphatic rings. The lowest BCUT2D eigenvalue weighted by Crippen LogP contribution is -2.54. The molecule has 0 aromatic heterocycles. The van der Waals surface area contributed by atoms with Crippen LogP contribution in [0.25, 0.3) is 0 Å². The summed E-state index contributed by atoms with van der Waals surface area (Å²) in [7, 11) is 0. The van der Waals surface area contributed by atoms with Crippen LogP contribution in [0.5, 0.6) is 0 Å². The van der Waals surface area contributed by atoms with E-state index in [9.17, 15) is 14.7 Å². The van der Waals surface area contributed by atoms with Gasteiger partial charge in [-0.25, -0.2) is 0 Å². The zero-order valence-electron chi connectivity index (χ0n) is 12.8. The van der Waals surface area contributed by atoms with Crippen molar-refractivity contribution in [2.75, 3.05) is 6.54 Å². The zero-order valence-corrected chi connectivity index (χ0v) is 12.8. The summed E-state index contributed by atoms with van der Waals surface area (Å²) < 4.78 is 0. The predicted octanol–water partition coefficient (Wildman–Crippen LogP) is 1.47. The SMILES string of the molecule is CC(C(=O)NC(C)(C)C)N1CC2CCCC2C1C(=O)O. The van der Waals surface area contributed by atoms with Crippen molar-refractivity contribution in [3.8, 4) is 0 Å². The minimum absolute atomic E-state index is 0.0799. The van der Waals surface area contributed by atoms with Gasteiger partial charge < -0.3 is 10.4 Å². The summed E-state index contributed by atoms with van der Waals surface area (Å²) in [5.74, 6) is -0.197. The molecule has 5 heteroatoms. The van der Waals surface area contributed by atoms with Crippen molar-refractivity contribution in [3.63, 3.8) is 0 Å². The fourth-order valence-electron chi connectivity index (χ4n) is 3.69. The molecule has 20 heavy (non-hydrogen) atoms. The van der Waals surface area contributed by atoms with Crippen LogP contribution in [0.1, 0.15) is 47.0 Å². The van der Waals surface area contributed by atoms with Crippen molar-refractivity contribution in [1.29, 1.82) is 0 Å². The molecule has 5 nitrogen and oxygen atoms in total. The van der Waals surface area contributed by atoms with Crippen molar-refractivity contribution in [1.82, 2.24) is 10.2 Å². The molecule has 1 amide bonds. The van der Waals surface area contributed by atoms with Crippen molar-refractivity contribution in [2.45, 2.75) is 64.6 Å². The highest BCUT2D eigenvalue weighted by molar-refractivity contribution is 5.83. The van der Waals surface area contributed by atoms with E-state index < -0.39 is 12.0 Å². The van der Waals surface area contributed by atoms with Crippen LogP contribution in [0.4, 0.5) is 0 Å². The van der Waals surface area contributed by atoms with Crippen LogP contribution >= 0.6 is 0 Å². The average Bonchev–Trinajstić information content (AvgIpc) is 2.83. The summed E-state index contributed by atoms with van der Waals surface area (Å²) in [6, 6.07) is -0.885. The van der Waals surface area contributed by atoms with Gasteiger partial charge in [0.25, 0.3) is 0 Å². The molecular formula is C15H26N2O3. The number of carbonyl (C=O) groups excluding carboxylic acids is 1. The normalized spacial score (nSPS) is 31.9. The summed E-state index contributed by atoms with van der Waals surface area (Å²) >= 11 is 0. The van der Waals surface area contributed by atoms with Gasteiger partial charge in [0.15, 0.2) is 0 Å². The minimum atomic E-state index is -0.783. The number of hydrogen-bond acceptors (Lipinski definition) is 3. The average molecular weight is 282 g/mol. The standard InChI is InChI=1S/C15H26N2O3/c1-9(13(18)16-15(2,3)4)17-8-10-6-5-7-11(10)12(17)14(19)20/h9-12H,5-8H2,1-4H3,(H,16,18)(H,19,20). The maximum atomic E-state index is 12.3. The molecule has 1 aliphatic carbocycles. The first-order valence-corrected chi connectivity index (χ1v) is 7.51. The quantitative estimate of drug-likeness (QED) is 0.822. The molecule has 0 radical (unpaired) electrons. The van der Waals surface area contributed by atoms with E-state index in [2.05, 4.69) is 5.32 Å². The Labute approximate surface area is 120 Å². The topological polar surface area (TPSA) is 69.6 Å². The minimum Gasteiger partial charge on any atom is -0.480 e. The molecule has 2 rings (SSSR count). The number of fused-ring (bicyclic) bond motifs is 1. The molecule has 0 bridgehead atoms. The van der Waals surface area contributed by atoms with Gasteiger partial charge in [-0.15, -0.1) is 0 Å². The van der Waals surface area contributed by atoms with Gasteiger partial charge in [0.1, 0.15) is 6.04 Å². The summed E-state index contributed by atoms with van der Waals surface area (Å²) in [6.07, 6.45) is 3.19. The number of carboxylic acids is 1. The number of rotatable bonds is 3. The monoisotopic (exact) mass is 282 g/mol. The van der Waals surface area contributed by atoms with E-state index >= 15 is 0 Å². The first-order chi connectivity index (χ1) is 9.20. The highest BCUT2D eigenvalue weighted by Crippen LogP contribution is 2.43. The molecule has 0 aromatic carbocycles. The lowest BCUT2D eigenvalue weighted by Gasteiger charge is -2.31. The van der Waals surface area contributed by atoms with Crippen LogP contribution in [0, 0.1) is 11.8 Å². The number of carboxylic acid groups (broad SMARTS) is 1. The Morgan fingerprint density at radius 1 is 1.30 bits per heavy atom. The highest BCUT2D eigenvalue weighted by Gasteiger charge is 2.50. The molecule has 1 aliphatic heterocycles. The van der Waals surface area contributed by atoms with Gasteiger partial charge in [-0.05, 0) is 52.4 Å². The van der Waals surface area contributed by atoms with Crippen molar-refractivity contribution in [2.24, 2.45) is 11.8 Å². The van der Waals surface area contributed by atoms with Gasteiger partial charge in [0, 0.05) is 12.1 Å². The van der Waals surface area contributed by atoms with Gasteiger partial charge >= 0.3 is 5.97 Å². The second-order valence-electron chi connectivity index (χ2n) is 7.25. The summed E-state index contributed by atoms with van der Waals surface area (Å²) in [6.45, 7) is 8.36. The fourth-order valence-corrected chi connectivity index (χ4v) is 3.69. The van der Waals surface area contributed by atoms with Crippen LogP contribution in [0.3, 0.4) is 0 Å². The summed E-state index contributed by atoms with van der Waals surface area (Å²) in [5, 5.41) is 12.5. The molecular weight excluding hydrogens is 256 g/mol. The maximum absolute atomic E-state index is 12.3. The van der Waals surface area contributed by atoms with Crippen LogP contribution in [-0.4, -0.2) is 46.1 Å². The van der Waals surface area contributed by atoms with E-state index in [0.29, 0.717) is 5.92 Å². The molecule has 2 N–H and O–H groups in total. The maximum Gasteiger partial charge on any atom is 0.321 e. The molecule has 0 spiro atoms. The third kappa shape index (κ3) is 2.97. The van der Waals surface area contributed by atoms with Crippen LogP contribution in [-0.2, 0) is 9.59 Å². The number of nitrogens with zero attached hydrogens (tertiary/aromatic N) is 1. The first kappa shape index (κ1) is 15.3. The van der Waals surface area contributed by atoms with E-state index in [1.165, 1.54) is 0 Å². The summed E-state index contributed by atoms with van der Waals surface area (Å²) in [4.78, 5) is 25.8. The van der Waals surface area contributed by atoms with E-state index in [0.717, 1.165) is 25.8 Å². The van der Waals surface area contributed by atoms with Crippen LogP contribution in [0.15, 0.2) is 0 Å². The second kappa shape index (κ2) is 5.35. The number of carbonyl (C=O) groups is 2. The van der Waals surface area contributed by atoms with Crippen molar-refractivity contribution in [3.05, 3.63) is 0 Å². The number of hydrogen-bond donors (Lipinski definition) is 2. The second-order valence-corrected chi connectivity index (χ2v) is 7.25. The molecule has 1 heterocycles. The van der Waals surface area contributed by atoms with Gasteiger partial charge in [-0.2, -0.15) is 0 Å². The van der Waals surface area contributed by atoms with Gasteiger partial charge in [-0.3, -0.25) is 14.5 Å². The fraction of sp³-hybridized carbons (Fsp3) is 0.867. The largest absolute Gasteiger partial charge is 0.480 e. The molecule has 2 fully saturated rings. The highest BCUT2D eigenvalue weighted by atomic mass is 16.4. The van der Waals surface area contributed by atoms with Gasteiger partial charge in [0.05, 0.1) is 6.04 Å². The Morgan fingerprint density at radius 2 is 1.95 bits per heavy atom. The van der Waals surface area contributed by atoms with Gasteiger partial charge in [0.2, 0.25) is 5.91 Å². The smallest absolute Gasteiger partial charge is 0.321 e. The van der Waals surface area contributed by atoms with Crippen molar-refractivity contribution < 1.29 is 14.7 Å². The number of amides is 1. The molecule has 114 valence electrons. The van der Waals surface area contributed by atoms with E-state index in [4.69, 9.17) is 0 Å². The molecule has 1 saturated heterocycles. The Bertz CT molecular complexity index is 402. The number of aliphatic carboxylic acids is 1. The third-order valence-electron chi connectivity index (χ3n) is 4.55. The number of likely N-dealkylation sites (tertiary alicyclic amines) is 1. The third-order valence-corrected chi connectivity index (χ3v) is 4.55. The molecule has 4 atom stereocenters. The molecule has 1 saturated carbocycles. The zero-order chi connectivity index (χ0) is 15.1. The molecule has 0 aromatic rings. The lowest BCUT2D eigenvalue weighted by atomic mass is 9.94. The molecule has 4 unspecified atom stereocenters. The Balaban J connectivity index is 2.10. The van der Waals surface area contributed by atoms with Crippen LogP contribution in [0.2, 0.25) is 0 Å². The van der Waals surface area contributed by atoms with E-state index in [1.54, 1.807) is 0 Å². The lowest BCUT2D eigenvalue weighted by molar-refractivity contribution is -0.145.